The van der Waals surface area contributed by atoms with Gasteiger partial charge in [-0.1, -0.05) is 0 Å². The quantitative estimate of drug-likeness (QED) is 0.863. The van der Waals surface area contributed by atoms with Crippen molar-refractivity contribution in [3.05, 3.63) is 26.6 Å². The smallest absolute Gasteiger partial charge is 0.272 e. The summed E-state index contributed by atoms with van der Waals surface area (Å²) >= 11 is 6.79. The molecule has 1 aliphatic rings. The Morgan fingerprint density at radius 3 is 3.05 bits per heavy atom. The van der Waals surface area contributed by atoms with Crippen LogP contribution < -0.4 is 5.56 Å². The summed E-state index contributed by atoms with van der Waals surface area (Å²) in [5, 5.41) is 1.92. The molecule has 0 unspecified atom stereocenters. The zero-order chi connectivity index (χ0) is 13.5. The minimum atomic E-state index is 0.0393. The molecule has 2 heterocycles. The molecule has 4 nitrogen and oxygen atoms in total. The first-order valence-corrected chi connectivity index (χ1v) is 7.63. The van der Waals surface area contributed by atoms with E-state index in [0.717, 1.165) is 36.1 Å². The first-order valence-electron chi connectivity index (χ1n) is 6.34. The van der Waals surface area contributed by atoms with E-state index in [1.54, 1.807) is 11.7 Å². The molecule has 0 saturated heterocycles. The molecule has 19 heavy (non-hydrogen) atoms. The summed E-state index contributed by atoms with van der Waals surface area (Å²) in [5.74, 6) is 0. The van der Waals surface area contributed by atoms with Crippen molar-refractivity contribution in [1.29, 1.82) is 0 Å². The molecular weight excluding hydrogens is 280 g/mol. The number of fused-ring (bicyclic) bond motifs is 1. The maximum absolute atomic E-state index is 12.4. The molecule has 0 spiro atoms. The highest BCUT2D eigenvalue weighted by molar-refractivity contribution is 7.71. The molecule has 1 aliphatic carbocycles. The highest BCUT2D eigenvalue weighted by atomic mass is 32.1. The van der Waals surface area contributed by atoms with Gasteiger partial charge in [-0.25, -0.2) is 0 Å². The molecule has 2 aromatic rings. The van der Waals surface area contributed by atoms with Crippen molar-refractivity contribution in [3.8, 4) is 0 Å². The van der Waals surface area contributed by atoms with Crippen LogP contribution in [0.1, 0.15) is 19.3 Å². The van der Waals surface area contributed by atoms with Crippen LogP contribution in [-0.4, -0.2) is 23.3 Å². The number of nitrogens with one attached hydrogen (secondary N) is 1. The molecule has 2 aromatic heterocycles. The maximum atomic E-state index is 12.4. The van der Waals surface area contributed by atoms with Gasteiger partial charge in [-0.3, -0.25) is 9.36 Å². The van der Waals surface area contributed by atoms with Gasteiger partial charge in [0.1, 0.15) is 4.70 Å². The Balaban J connectivity index is 1.97. The molecule has 0 aliphatic heterocycles. The van der Waals surface area contributed by atoms with E-state index in [-0.39, 0.29) is 11.0 Å². The van der Waals surface area contributed by atoms with Crippen LogP contribution in [0.15, 0.2) is 16.2 Å². The first kappa shape index (κ1) is 13.0. The van der Waals surface area contributed by atoms with Gasteiger partial charge in [0.05, 0.1) is 5.52 Å². The van der Waals surface area contributed by atoms with Gasteiger partial charge in [0, 0.05) is 20.3 Å². The fourth-order valence-electron chi connectivity index (χ4n) is 2.43. The molecule has 0 atom stereocenters. The van der Waals surface area contributed by atoms with E-state index < -0.39 is 0 Å². The number of hydrogen-bond donors (Lipinski definition) is 1. The highest BCUT2D eigenvalue weighted by Crippen LogP contribution is 2.50. The number of rotatable bonds is 5. The van der Waals surface area contributed by atoms with Crippen molar-refractivity contribution < 1.29 is 4.74 Å². The summed E-state index contributed by atoms with van der Waals surface area (Å²) in [6.45, 7) is 1.45. The number of methoxy groups -OCH3 is 1. The number of nitrogens with zero attached hydrogens (tertiary/aromatic N) is 1. The van der Waals surface area contributed by atoms with Gasteiger partial charge < -0.3 is 9.72 Å². The Labute approximate surface area is 120 Å². The average Bonchev–Trinajstić information content (AvgIpc) is 3.00. The number of ether oxygens (including phenoxy) is 1. The molecule has 0 radical (unpaired) electrons. The average molecular weight is 296 g/mol. The monoisotopic (exact) mass is 296 g/mol. The van der Waals surface area contributed by atoms with Gasteiger partial charge in [-0.2, -0.15) is 0 Å². The number of thiophene rings is 1. The van der Waals surface area contributed by atoms with E-state index in [4.69, 9.17) is 17.0 Å². The lowest BCUT2D eigenvalue weighted by molar-refractivity contribution is 0.166. The molecule has 1 saturated carbocycles. The first-order chi connectivity index (χ1) is 9.15. The van der Waals surface area contributed by atoms with Gasteiger partial charge in [0.2, 0.25) is 0 Å². The summed E-state index contributed by atoms with van der Waals surface area (Å²) in [4.78, 5) is 15.6. The lowest BCUT2D eigenvalue weighted by Crippen LogP contribution is -2.26. The molecule has 3 rings (SSSR count). The number of H-pyrrole nitrogens is 1. The molecule has 102 valence electrons. The lowest BCUT2D eigenvalue weighted by Gasteiger charge is -2.16. The van der Waals surface area contributed by atoms with Crippen LogP contribution in [0.2, 0.25) is 0 Å². The van der Waals surface area contributed by atoms with Crippen LogP contribution >= 0.6 is 23.6 Å². The third-order valence-corrected chi connectivity index (χ3v) is 5.10. The van der Waals surface area contributed by atoms with E-state index >= 15 is 0 Å². The molecule has 0 amide bonds. The summed E-state index contributed by atoms with van der Waals surface area (Å²) in [7, 11) is 1.71. The second kappa shape index (κ2) is 4.85. The summed E-state index contributed by atoms with van der Waals surface area (Å²) < 4.78 is 8.16. The van der Waals surface area contributed by atoms with E-state index in [9.17, 15) is 4.79 Å². The van der Waals surface area contributed by atoms with Crippen LogP contribution in [0.4, 0.5) is 0 Å². The Morgan fingerprint density at radius 1 is 1.58 bits per heavy atom. The Kier molecular flexibility index (Phi) is 3.32. The normalized spacial score (nSPS) is 16.9. The lowest BCUT2D eigenvalue weighted by atomic mass is 10.0. The summed E-state index contributed by atoms with van der Waals surface area (Å²) in [6, 6.07) is 1.90. The molecule has 6 heteroatoms. The Hall–Kier alpha value is -0.980. The maximum Gasteiger partial charge on any atom is 0.272 e. The molecular formula is C13H16N2O2S2. The van der Waals surface area contributed by atoms with Crippen LogP contribution in [0.3, 0.4) is 0 Å². The van der Waals surface area contributed by atoms with Gasteiger partial charge in [0.25, 0.3) is 5.56 Å². The molecule has 0 aromatic carbocycles. The van der Waals surface area contributed by atoms with Gasteiger partial charge in [0.15, 0.2) is 4.77 Å². The number of aromatic amines is 1. The SMILES string of the molecule is COCCC1(Cn2c(=S)[nH]c3ccsc3c2=O)CC1. The van der Waals surface area contributed by atoms with Crippen molar-refractivity contribution in [2.45, 2.75) is 25.8 Å². The zero-order valence-corrected chi connectivity index (χ0v) is 12.4. The van der Waals surface area contributed by atoms with Crippen molar-refractivity contribution in [1.82, 2.24) is 9.55 Å². The third-order valence-electron chi connectivity index (χ3n) is 3.88. The van der Waals surface area contributed by atoms with E-state index in [1.165, 1.54) is 11.3 Å². The Morgan fingerprint density at radius 2 is 2.37 bits per heavy atom. The fraction of sp³-hybridized carbons (Fsp3) is 0.538. The molecule has 1 fully saturated rings. The van der Waals surface area contributed by atoms with Crippen LogP contribution in [0.25, 0.3) is 10.2 Å². The zero-order valence-electron chi connectivity index (χ0n) is 10.8. The molecule has 0 bridgehead atoms. The predicted octanol–water partition coefficient (Wildman–Crippen LogP) is 2.94. The number of hydrogen-bond acceptors (Lipinski definition) is 4. The van der Waals surface area contributed by atoms with Crippen molar-refractivity contribution in [3.63, 3.8) is 0 Å². The van der Waals surface area contributed by atoms with E-state index in [0.29, 0.717) is 11.3 Å². The second-order valence-electron chi connectivity index (χ2n) is 5.23. The fourth-order valence-corrected chi connectivity index (χ4v) is 3.49. The predicted molar refractivity (Wildman–Crippen MR) is 79.4 cm³/mol. The van der Waals surface area contributed by atoms with Crippen molar-refractivity contribution in [2.75, 3.05) is 13.7 Å². The summed E-state index contributed by atoms with van der Waals surface area (Å²) in [5.41, 5.74) is 1.10. The topological polar surface area (TPSA) is 47.0 Å². The van der Waals surface area contributed by atoms with Crippen LogP contribution in [0, 0.1) is 10.2 Å². The van der Waals surface area contributed by atoms with Gasteiger partial charge >= 0.3 is 0 Å². The molecule has 1 N–H and O–H groups in total. The standard InChI is InChI=1S/C13H16N2O2S2/c1-17-6-5-13(3-4-13)8-15-11(16)10-9(2-7-19-10)14-12(15)18/h2,7H,3-6,8H2,1H3,(H,14,18). The summed E-state index contributed by atoms with van der Waals surface area (Å²) in [6.07, 6.45) is 3.30. The van der Waals surface area contributed by atoms with Crippen LogP contribution in [0.5, 0.6) is 0 Å². The van der Waals surface area contributed by atoms with Crippen molar-refractivity contribution >= 4 is 33.8 Å². The second-order valence-corrected chi connectivity index (χ2v) is 6.53. The highest BCUT2D eigenvalue weighted by Gasteiger charge is 2.42. The van der Waals surface area contributed by atoms with E-state index in [1.807, 2.05) is 11.4 Å². The minimum absolute atomic E-state index is 0.0393. The minimum Gasteiger partial charge on any atom is -0.385 e. The van der Waals surface area contributed by atoms with Crippen LogP contribution in [-0.2, 0) is 11.3 Å². The van der Waals surface area contributed by atoms with E-state index in [2.05, 4.69) is 4.98 Å². The number of aromatic nitrogens is 2. The van der Waals surface area contributed by atoms with Crippen molar-refractivity contribution in [2.24, 2.45) is 5.41 Å². The Bertz CT molecular complexity index is 709. The third kappa shape index (κ3) is 2.40. The largest absolute Gasteiger partial charge is 0.385 e. The van der Waals surface area contributed by atoms with Gasteiger partial charge in [-0.15, -0.1) is 11.3 Å². The van der Waals surface area contributed by atoms with Gasteiger partial charge in [-0.05, 0) is 48.3 Å².